The number of furan rings is 1. The fraction of sp³-hybridized carbons (Fsp3) is 0.304. The summed E-state index contributed by atoms with van der Waals surface area (Å²) >= 11 is 7.52. The average Bonchev–Trinajstić information content (AvgIpc) is 3.47. The molecule has 7 heteroatoms. The van der Waals surface area contributed by atoms with Crippen molar-refractivity contribution in [2.45, 2.75) is 44.2 Å². The van der Waals surface area contributed by atoms with Crippen molar-refractivity contribution >= 4 is 45.6 Å². The fourth-order valence-electron chi connectivity index (χ4n) is 4.58. The molecule has 30 heavy (non-hydrogen) atoms. The van der Waals surface area contributed by atoms with Crippen molar-refractivity contribution in [3.8, 4) is 0 Å². The molecule has 0 spiro atoms. The third kappa shape index (κ3) is 3.15. The number of carbonyl (C=O) groups is 2. The monoisotopic (exact) mass is 441 g/mol. The van der Waals surface area contributed by atoms with Gasteiger partial charge in [-0.3, -0.25) is 9.59 Å². The number of thiophene rings is 1. The van der Waals surface area contributed by atoms with Gasteiger partial charge in [0.1, 0.15) is 11.6 Å². The molecule has 3 aromatic rings. The third-order valence-electron chi connectivity index (χ3n) is 5.97. The first kappa shape index (κ1) is 19.4. The van der Waals surface area contributed by atoms with Gasteiger partial charge in [-0.2, -0.15) is 0 Å². The van der Waals surface area contributed by atoms with Crippen molar-refractivity contribution in [2.75, 3.05) is 0 Å². The van der Waals surface area contributed by atoms with Crippen LogP contribution < -0.4 is 0 Å². The van der Waals surface area contributed by atoms with E-state index < -0.39 is 23.5 Å². The van der Waals surface area contributed by atoms with Gasteiger partial charge in [0.15, 0.2) is 11.5 Å². The molecule has 1 aromatic carbocycles. The van der Waals surface area contributed by atoms with E-state index in [0.29, 0.717) is 16.0 Å². The molecule has 0 saturated heterocycles. The molecular weight excluding hydrogens is 422 g/mol. The number of hydrogen-bond acceptors (Lipinski definition) is 5. The maximum absolute atomic E-state index is 13.5. The molecule has 1 aliphatic heterocycles. The van der Waals surface area contributed by atoms with Crippen molar-refractivity contribution in [1.29, 1.82) is 0 Å². The van der Waals surface area contributed by atoms with Crippen LogP contribution in [0, 0.1) is 0 Å². The Labute approximate surface area is 182 Å². The van der Waals surface area contributed by atoms with Gasteiger partial charge in [-0.25, -0.2) is 0 Å². The van der Waals surface area contributed by atoms with E-state index >= 15 is 0 Å². The standard InChI is InChI=1S/C23H20ClNO4S/c24-14-8-9-16-13(11-14)12-17(29-16)21(26)19-20(18-7-4-10-30-18)25(23(28)22(19)27)15-5-2-1-3-6-15/h4,7-12,15,20,27H,1-3,5-6H2. The molecule has 154 valence electrons. The van der Waals surface area contributed by atoms with E-state index in [1.165, 1.54) is 11.3 Å². The number of rotatable bonds is 4. The lowest BCUT2D eigenvalue weighted by Crippen LogP contribution is -2.41. The van der Waals surface area contributed by atoms with Crippen LogP contribution in [0.25, 0.3) is 11.0 Å². The summed E-state index contributed by atoms with van der Waals surface area (Å²) in [6, 6.07) is 9.95. The molecule has 5 rings (SSSR count). The second-order valence-corrected chi connectivity index (χ2v) is 9.22. The van der Waals surface area contributed by atoms with Crippen molar-refractivity contribution < 1.29 is 19.1 Å². The molecule has 1 unspecified atom stereocenters. The van der Waals surface area contributed by atoms with Crippen molar-refractivity contribution in [3.05, 3.63) is 68.8 Å². The Kier molecular flexibility index (Phi) is 4.91. The molecule has 1 fully saturated rings. The van der Waals surface area contributed by atoms with E-state index in [1.54, 1.807) is 29.2 Å². The summed E-state index contributed by atoms with van der Waals surface area (Å²) in [6.45, 7) is 0. The lowest BCUT2D eigenvalue weighted by atomic mass is 9.92. The number of benzene rings is 1. The summed E-state index contributed by atoms with van der Waals surface area (Å²) in [5.74, 6) is -1.32. The lowest BCUT2D eigenvalue weighted by Gasteiger charge is -2.35. The first-order chi connectivity index (χ1) is 14.5. The number of hydrogen-bond donors (Lipinski definition) is 1. The highest BCUT2D eigenvalue weighted by Crippen LogP contribution is 2.44. The summed E-state index contributed by atoms with van der Waals surface area (Å²) in [4.78, 5) is 29.1. The molecule has 1 N–H and O–H groups in total. The Hall–Kier alpha value is -2.57. The van der Waals surface area contributed by atoms with Gasteiger partial charge in [-0.1, -0.05) is 36.9 Å². The Morgan fingerprint density at radius 2 is 1.97 bits per heavy atom. The Morgan fingerprint density at radius 1 is 1.17 bits per heavy atom. The van der Waals surface area contributed by atoms with E-state index in [9.17, 15) is 14.7 Å². The summed E-state index contributed by atoms with van der Waals surface area (Å²) in [6.07, 6.45) is 4.99. The normalized spacial score (nSPS) is 20.5. The molecule has 0 radical (unpaired) electrons. The molecule has 2 aromatic heterocycles. The predicted molar refractivity (Wildman–Crippen MR) is 116 cm³/mol. The first-order valence-electron chi connectivity index (χ1n) is 10.1. The van der Waals surface area contributed by atoms with Gasteiger partial charge in [-0.15, -0.1) is 11.3 Å². The number of Topliss-reactive ketones (excluding diaryl/α,β-unsaturated/α-hetero) is 1. The molecule has 1 atom stereocenters. The molecule has 1 saturated carbocycles. The number of carbonyl (C=O) groups excluding carboxylic acids is 2. The number of amides is 1. The molecule has 1 amide bonds. The molecule has 2 aliphatic rings. The van der Waals surface area contributed by atoms with Gasteiger partial charge in [-0.05, 0) is 48.6 Å². The van der Waals surface area contributed by atoms with Crippen molar-refractivity contribution in [1.82, 2.24) is 4.90 Å². The van der Waals surface area contributed by atoms with Gasteiger partial charge < -0.3 is 14.4 Å². The van der Waals surface area contributed by atoms with Gasteiger partial charge in [0.05, 0.1) is 5.57 Å². The maximum atomic E-state index is 13.5. The second kappa shape index (κ2) is 7.60. The zero-order valence-electron chi connectivity index (χ0n) is 16.1. The quantitative estimate of drug-likeness (QED) is 0.499. The Morgan fingerprint density at radius 3 is 2.70 bits per heavy atom. The van der Waals surface area contributed by atoms with Crippen LogP contribution in [0.3, 0.4) is 0 Å². The van der Waals surface area contributed by atoms with Crippen LogP contribution >= 0.6 is 22.9 Å². The highest BCUT2D eigenvalue weighted by molar-refractivity contribution is 7.10. The van der Waals surface area contributed by atoms with Crippen LogP contribution in [0.5, 0.6) is 0 Å². The van der Waals surface area contributed by atoms with Crippen LogP contribution in [-0.2, 0) is 4.79 Å². The van der Waals surface area contributed by atoms with Crippen LogP contribution in [0.4, 0.5) is 0 Å². The maximum Gasteiger partial charge on any atom is 0.290 e. The topological polar surface area (TPSA) is 70.8 Å². The number of fused-ring (bicyclic) bond motifs is 1. The van der Waals surface area contributed by atoms with Gasteiger partial charge in [0, 0.05) is 21.3 Å². The number of halogens is 1. The van der Waals surface area contributed by atoms with E-state index in [0.717, 1.165) is 37.0 Å². The zero-order chi connectivity index (χ0) is 20.8. The first-order valence-corrected chi connectivity index (χ1v) is 11.3. The van der Waals surface area contributed by atoms with Crippen LogP contribution in [-0.4, -0.2) is 27.7 Å². The van der Waals surface area contributed by atoms with Crippen LogP contribution in [0.1, 0.15) is 53.6 Å². The SMILES string of the molecule is O=C(C1=C(O)C(=O)N(C2CCCCC2)C1c1cccs1)c1cc2cc(Cl)ccc2o1. The van der Waals surface area contributed by atoms with E-state index in [-0.39, 0.29) is 17.4 Å². The van der Waals surface area contributed by atoms with Crippen molar-refractivity contribution in [3.63, 3.8) is 0 Å². The highest BCUT2D eigenvalue weighted by Gasteiger charge is 2.47. The Bertz CT molecular complexity index is 1160. The number of nitrogens with zero attached hydrogens (tertiary/aromatic N) is 1. The lowest BCUT2D eigenvalue weighted by molar-refractivity contribution is -0.132. The zero-order valence-corrected chi connectivity index (χ0v) is 17.7. The highest BCUT2D eigenvalue weighted by atomic mass is 35.5. The Balaban J connectivity index is 1.58. The third-order valence-corrected chi connectivity index (χ3v) is 7.13. The molecule has 5 nitrogen and oxygen atoms in total. The minimum Gasteiger partial charge on any atom is -0.503 e. The van der Waals surface area contributed by atoms with Gasteiger partial charge in [0.2, 0.25) is 5.78 Å². The fourth-order valence-corrected chi connectivity index (χ4v) is 5.59. The number of aliphatic hydroxyl groups is 1. The van der Waals surface area contributed by atoms with Gasteiger partial charge >= 0.3 is 0 Å². The minimum atomic E-state index is -0.593. The molecule has 3 heterocycles. The molecular formula is C23H20ClNO4S. The number of aliphatic hydroxyl groups excluding tert-OH is 1. The summed E-state index contributed by atoms with van der Waals surface area (Å²) in [5, 5.41) is 13.9. The van der Waals surface area contributed by atoms with E-state index in [1.807, 2.05) is 17.5 Å². The molecule has 1 aliphatic carbocycles. The average molecular weight is 442 g/mol. The van der Waals surface area contributed by atoms with Crippen molar-refractivity contribution in [2.24, 2.45) is 0 Å². The number of ketones is 1. The predicted octanol–water partition coefficient (Wildman–Crippen LogP) is 6.06. The smallest absolute Gasteiger partial charge is 0.290 e. The van der Waals surface area contributed by atoms with Crippen LogP contribution in [0.15, 0.2) is 57.5 Å². The minimum absolute atomic E-state index is 0.0141. The summed E-state index contributed by atoms with van der Waals surface area (Å²) in [7, 11) is 0. The van der Waals surface area contributed by atoms with E-state index in [2.05, 4.69) is 0 Å². The summed E-state index contributed by atoms with van der Waals surface area (Å²) in [5.41, 5.74) is 0.627. The van der Waals surface area contributed by atoms with E-state index in [4.69, 9.17) is 16.0 Å². The second-order valence-electron chi connectivity index (χ2n) is 7.81. The van der Waals surface area contributed by atoms with Gasteiger partial charge in [0.25, 0.3) is 5.91 Å². The molecule has 0 bridgehead atoms. The summed E-state index contributed by atoms with van der Waals surface area (Å²) < 4.78 is 5.75. The van der Waals surface area contributed by atoms with Crippen LogP contribution in [0.2, 0.25) is 5.02 Å². The largest absolute Gasteiger partial charge is 0.503 e.